The zero-order valence-electron chi connectivity index (χ0n) is 15.2. The van der Waals surface area contributed by atoms with E-state index in [1.54, 1.807) is 0 Å². The molecule has 0 aliphatic carbocycles. The minimum atomic E-state index is 0.164. The van der Waals surface area contributed by atoms with Crippen molar-refractivity contribution in [3.63, 3.8) is 0 Å². The summed E-state index contributed by atoms with van der Waals surface area (Å²) in [5.41, 5.74) is 1.22. The Labute approximate surface area is 153 Å². The Hall–Kier alpha value is -2.25. The van der Waals surface area contributed by atoms with Crippen LogP contribution in [0.1, 0.15) is 30.2 Å². The maximum atomic E-state index is 12.7. The van der Waals surface area contributed by atoms with Crippen molar-refractivity contribution in [2.45, 2.75) is 25.9 Å². The lowest BCUT2D eigenvalue weighted by molar-refractivity contribution is -0.135. The molecule has 0 unspecified atom stereocenters. The zero-order valence-corrected chi connectivity index (χ0v) is 15.2. The summed E-state index contributed by atoms with van der Waals surface area (Å²) in [6, 6.07) is 10.5. The maximum Gasteiger partial charge on any atom is 0.237 e. The molecule has 7 nitrogen and oxygen atoms in total. The van der Waals surface area contributed by atoms with Gasteiger partial charge in [0.05, 0.1) is 32.3 Å². The van der Waals surface area contributed by atoms with Gasteiger partial charge in [-0.15, -0.1) is 10.2 Å². The number of amides is 1. The van der Waals surface area contributed by atoms with E-state index in [0.29, 0.717) is 32.8 Å². The minimum Gasteiger partial charge on any atom is -0.379 e. The largest absolute Gasteiger partial charge is 0.379 e. The van der Waals surface area contributed by atoms with Gasteiger partial charge in [0.1, 0.15) is 5.82 Å². The number of rotatable bonds is 4. The second-order valence-electron chi connectivity index (χ2n) is 7.08. The van der Waals surface area contributed by atoms with E-state index >= 15 is 0 Å². The molecule has 7 heteroatoms. The molecule has 1 saturated heterocycles. The van der Waals surface area contributed by atoms with Crippen LogP contribution >= 0.6 is 0 Å². The third-order valence-electron chi connectivity index (χ3n) is 5.12. The Bertz CT molecular complexity index is 755. The van der Waals surface area contributed by atoms with Gasteiger partial charge in [-0.25, -0.2) is 0 Å². The van der Waals surface area contributed by atoms with E-state index in [2.05, 4.69) is 38.7 Å². The quantitative estimate of drug-likeness (QED) is 0.822. The van der Waals surface area contributed by atoms with Crippen LogP contribution in [0.5, 0.6) is 0 Å². The molecule has 26 heavy (non-hydrogen) atoms. The third-order valence-corrected chi connectivity index (χ3v) is 5.12. The maximum absolute atomic E-state index is 12.7. The van der Waals surface area contributed by atoms with E-state index in [-0.39, 0.29) is 11.9 Å². The van der Waals surface area contributed by atoms with Crippen LogP contribution in [-0.4, -0.2) is 69.9 Å². The molecule has 0 spiro atoms. The first-order valence-electron chi connectivity index (χ1n) is 9.25. The minimum absolute atomic E-state index is 0.164. The lowest BCUT2D eigenvalue weighted by Gasteiger charge is -2.34. The molecular formula is C19H25N5O2. The van der Waals surface area contributed by atoms with Gasteiger partial charge in [-0.05, 0) is 12.5 Å². The summed E-state index contributed by atoms with van der Waals surface area (Å²) in [7, 11) is 0. The molecule has 4 rings (SSSR count). The molecule has 0 saturated carbocycles. The molecule has 2 aliphatic rings. The summed E-state index contributed by atoms with van der Waals surface area (Å²) in [6.45, 7) is 6.91. The molecule has 0 radical (unpaired) electrons. The first-order valence-corrected chi connectivity index (χ1v) is 9.25. The van der Waals surface area contributed by atoms with Gasteiger partial charge in [-0.2, -0.15) is 0 Å². The number of hydrogen-bond donors (Lipinski definition) is 0. The topological polar surface area (TPSA) is 63.5 Å². The van der Waals surface area contributed by atoms with Crippen molar-refractivity contribution < 1.29 is 9.53 Å². The van der Waals surface area contributed by atoms with Gasteiger partial charge in [-0.3, -0.25) is 9.69 Å². The molecule has 1 aromatic heterocycles. The Morgan fingerprint density at radius 3 is 2.73 bits per heavy atom. The Kier molecular flexibility index (Phi) is 4.99. The van der Waals surface area contributed by atoms with Crippen molar-refractivity contribution in [2.24, 2.45) is 0 Å². The highest BCUT2D eigenvalue weighted by molar-refractivity contribution is 5.78. The number of carbonyl (C=O) groups is 1. The van der Waals surface area contributed by atoms with E-state index in [9.17, 15) is 4.79 Å². The first kappa shape index (κ1) is 17.2. The van der Waals surface area contributed by atoms with E-state index in [1.165, 1.54) is 5.56 Å². The lowest BCUT2D eigenvalue weighted by Crippen LogP contribution is -2.47. The molecule has 1 amide bonds. The molecule has 0 N–H and O–H groups in total. The van der Waals surface area contributed by atoms with Crippen LogP contribution in [0.4, 0.5) is 0 Å². The van der Waals surface area contributed by atoms with Crippen LogP contribution in [-0.2, 0) is 22.5 Å². The molecule has 2 aromatic rings. The fraction of sp³-hybridized carbons (Fsp3) is 0.526. The standard InChI is InChI=1S/C19H25N5O2/c1-15-12-23(19(25)14-22-7-9-26-10-8-22)13-18-21-20-17(24(15)18)11-16-5-3-2-4-6-16/h2-6,15H,7-14H2,1H3/t15-/m0/s1. The number of ether oxygens (including phenoxy) is 1. The average Bonchev–Trinajstić information content (AvgIpc) is 3.07. The zero-order chi connectivity index (χ0) is 17.9. The summed E-state index contributed by atoms with van der Waals surface area (Å²) < 4.78 is 7.55. The van der Waals surface area contributed by atoms with Crippen LogP contribution in [0.2, 0.25) is 0 Å². The summed E-state index contributed by atoms with van der Waals surface area (Å²) >= 11 is 0. The lowest BCUT2D eigenvalue weighted by atomic mass is 10.1. The molecule has 138 valence electrons. The fourth-order valence-electron chi connectivity index (χ4n) is 3.75. The van der Waals surface area contributed by atoms with Crippen molar-refractivity contribution >= 4 is 5.91 Å². The second kappa shape index (κ2) is 7.55. The van der Waals surface area contributed by atoms with Crippen molar-refractivity contribution in [3.05, 3.63) is 47.5 Å². The van der Waals surface area contributed by atoms with Crippen LogP contribution in [0.15, 0.2) is 30.3 Å². The molecule has 2 aliphatic heterocycles. The summed E-state index contributed by atoms with van der Waals surface area (Å²) in [5.74, 6) is 2.02. The van der Waals surface area contributed by atoms with Gasteiger partial charge in [0.2, 0.25) is 5.91 Å². The number of carbonyl (C=O) groups excluding carboxylic acids is 1. The number of hydrogen-bond acceptors (Lipinski definition) is 5. The van der Waals surface area contributed by atoms with Crippen molar-refractivity contribution in [1.29, 1.82) is 0 Å². The van der Waals surface area contributed by atoms with Gasteiger partial charge >= 0.3 is 0 Å². The molecule has 1 atom stereocenters. The SMILES string of the molecule is C[C@H]1CN(C(=O)CN2CCOCC2)Cc2nnc(Cc3ccccc3)n21. The number of nitrogens with zero attached hydrogens (tertiary/aromatic N) is 5. The Morgan fingerprint density at radius 1 is 1.19 bits per heavy atom. The smallest absolute Gasteiger partial charge is 0.237 e. The Balaban J connectivity index is 1.44. The summed E-state index contributed by atoms with van der Waals surface area (Å²) in [5, 5.41) is 8.77. The summed E-state index contributed by atoms with van der Waals surface area (Å²) in [6.07, 6.45) is 0.764. The van der Waals surface area contributed by atoms with E-state index in [1.807, 2.05) is 23.1 Å². The third kappa shape index (κ3) is 3.64. The number of benzene rings is 1. The normalized spacial score (nSPS) is 20.8. The Morgan fingerprint density at radius 2 is 1.96 bits per heavy atom. The number of fused-ring (bicyclic) bond motifs is 1. The first-order chi connectivity index (χ1) is 12.7. The van der Waals surface area contributed by atoms with Crippen LogP contribution < -0.4 is 0 Å². The highest BCUT2D eigenvalue weighted by atomic mass is 16.5. The van der Waals surface area contributed by atoms with E-state index in [4.69, 9.17) is 4.74 Å². The summed E-state index contributed by atoms with van der Waals surface area (Å²) in [4.78, 5) is 16.8. The van der Waals surface area contributed by atoms with Crippen molar-refractivity contribution in [2.75, 3.05) is 39.4 Å². The molecule has 1 aromatic carbocycles. The number of morpholine rings is 1. The highest BCUT2D eigenvalue weighted by Crippen LogP contribution is 2.23. The van der Waals surface area contributed by atoms with Crippen LogP contribution in [0.3, 0.4) is 0 Å². The monoisotopic (exact) mass is 355 g/mol. The number of aromatic nitrogens is 3. The van der Waals surface area contributed by atoms with Gasteiger partial charge in [0.25, 0.3) is 0 Å². The molecule has 3 heterocycles. The van der Waals surface area contributed by atoms with Crippen molar-refractivity contribution in [3.8, 4) is 0 Å². The molecule has 0 bridgehead atoms. The molecule has 1 fully saturated rings. The predicted molar refractivity (Wildman–Crippen MR) is 96.7 cm³/mol. The van der Waals surface area contributed by atoms with Gasteiger partial charge in [0.15, 0.2) is 5.82 Å². The predicted octanol–water partition coefficient (Wildman–Crippen LogP) is 1.10. The van der Waals surface area contributed by atoms with Crippen LogP contribution in [0, 0.1) is 0 Å². The van der Waals surface area contributed by atoms with Gasteiger partial charge in [-0.1, -0.05) is 30.3 Å². The highest BCUT2D eigenvalue weighted by Gasteiger charge is 2.30. The van der Waals surface area contributed by atoms with E-state index < -0.39 is 0 Å². The van der Waals surface area contributed by atoms with Crippen molar-refractivity contribution in [1.82, 2.24) is 24.6 Å². The second-order valence-corrected chi connectivity index (χ2v) is 7.08. The fourth-order valence-corrected chi connectivity index (χ4v) is 3.75. The molecular weight excluding hydrogens is 330 g/mol. The van der Waals surface area contributed by atoms with Gasteiger partial charge in [0, 0.05) is 26.1 Å². The average molecular weight is 355 g/mol. The van der Waals surface area contributed by atoms with Crippen LogP contribution in [0.25, 0.3) is 0 Å². The van der Waals surface area contributed by atoms with Gasteiger partial charge < -0.3 is 14.2 Å². The van der Waals surface area contributed by atoms with E-state index in [0.717, 1.165) is 31.2 Å².